The van der Waals surface area contributed by atoms with Crippen molar-refractivity contribution in [3.8, 4) is 5.69 Å². The van der Waals surface area contributed by atoms with Crippen LogP contribution in [0.15, 0.2) is 83.5 Å². The van der Waals surface area contributed by atoms with Gasteiger partial charge in [-0.05, 0) is 30.3 Å². The molecule has 0 saturated carbocycles. The molecular formula is C20H13NO. The van der Waals surface area contributed by atoms with Crippen LogP contribution in [0.1, 0.15) is 0 Å². The Morgan fingerprint density at radius 2 is 1.50 bits per heavy atom. The predicted molar refractivity (Wildman–Crippen MR) is 90.6 cm³/mol. The summed E-state index contributed by atoms with van der Waals surface area (Å²) in [5, 5.41) is 3.67. The minimum Gasteiger partial charge on any atom is -0.464 e. The molecule has 5 aromatic rings. The molecule has 0 radical (unpaired) electrons. The topological polar surface area (TPSA) is 18.1 Å². The van der Waals surface area contributed by atoms with Gasteiger partial charge in [-0.1, -0.05) is 36.4 Å². The fourth-order valence-corrected chi connectivity index (χ4v) is 3.28. The molecule has 0 unspecified atom stereocenters. The van der Waals surface area contributed by atoms with E-state index in [-0.39, 0.29) is 0 Å². The van der Waals surface area contributed by atoms with Gasteiger partial charge in [0, 0.05) is 27.9 Å². The average Bonchev–Trinajstić information content (AvgIpc) is 3.15. The summed E-state index contributed by atoms with van der Waals surface area (Å²) in [5.41, 5.74) is 4.48. The first kappa shape index (κ1) is 11.6. The highest BCUT2D eigenvalue weighted by Crippen LogP contribution is 2.34. The molecule has 0 aliphatic rings. The molecule has 5 rings (SSSR count). The van der Waals surface area contributed by atoms with Gasteiger partial charge in [0.1, 0.15) is 5.58 Å². The van der Waals surface area contributed by atoms with E-state index in [1.54, 1.807) is 6.26 Å². The summed E-state index contributed by atoms with van der Waals surface area (Å²) in [6.07, 6.45) is 1.75. The summed E-state index contributed by atoms with van der Waals surface area (Å²) in [4.78, 5) is 0. The molecule has 3 aromatic carbocycles. The maximum absolute atomic E-state index is 5.60. The Balaban J connectivity index is 2.04. The number of rotatable bonds is 1. The normalized spacial score (nSPS) is 11.6. The highest BCUT2D eigenvalue weighted by atomic mass is 16.3. The van der Waals surface area contributed by atoms with E-state index in [4.69, 9.17) is 4.42 Å². The number of furan rings is 1. The molecule has 0 bridgehead atoms. The smallest absolute Gasteiger partial charge is 0.135 e. The number of aromatic nitrogens is 1. The highest BCUT2D eigenvalue weighted by molar-refractivity contribution is 6.12. The number of para-hydroxylation sites is 2. The van der Waals surface area contributed by atoms with Gasteiger partial charge in [-0.15, -0.1) is 0 Å². The zero-order valence-corrected chi connectivity index (χ0v) is 11.9. The van der Waals surface area contributed by atoms with E-state index >= 15 is 0 Å². The highest BCUT2D eigenvalue weighted by Gasteiger charge is 2.13. The van der Waals surface area contributed by atoms with Gasteiger partial charge in [-0.2, -0.15) is 0 Å². The second-order valence-corrected chi connectivity index (χ2v) is 5.52. The molecule has 0 spiro atoms. The molecule has 0 aliphatic carbocycles. The molecule has 2 aromatic heterocycles. The van der Waals surface area contributed by atoms with Gasteiger partial charge in [-0.3, -0.25) is 0 Å². The summed E-state index contributed by atoms with van der Waals surface area (Å²) in [6, 6.07) is 25.4. The van der Waals surface area contributed by atoms with Crippen molar-refractivity contribution in [2.24, 2.45) is 0 Å². The van der Waals surface area contributed by atoms with Crippen molar-refractivity contribution in [2.75, 3.05) is 0 Å². The Labute approximate surface area is 127 Å². The first-order valence-corrected chi connectivity index (χ1v) is 7.38. The number of hydrogen-bond donors (Lipinski definition) is 0. The van der Waals surface area contributed by atoms with Crippen LogP contribution in [0.4, 0.5) is 0 Å². The lowest BCUT2D eigenvalue weighted by Crippen LogP contribution is -1.92. The van der Waals surface area contributed by atoms with Crippen molar-refractivity contribution in [1.82, 2.24) is 4.57 Å². The third kappa shape index (κ3) is 1.49. The van der Waals surface area contributed by atoms with E-state index in [1.165, 1.54) is 27.5 Å². The van der Waals surface area contributed by atoms with Crippen LogP contribution in [0.25, 0.3) is 38.5 Å². The molecule has 0 amide bonds. The summed E-state index contributed by atoms with van der Waals surface area (Å²) in [5.74, 6) is 0. The first-order valence-electron chi connectivity index (χ1n) is 7.38. The van der Waals surface area contributed by atoms with Crippen molar-refractivity contribution in [3.63, 3.8) is 0 Å². The first-order chi connectivity index (χ1) is 10.9. The van der Waals surface area contributed by atoms with Crippen LogP contribution in [-0.2, 0) is 0 Å². The summed E-state index contributed by atoms with van der Waals surface area (Å²) >= 11 is 0. The molecule has 22 heavy (non-hydrogen) atoms. The van der Waals surface area contributed by atoms with Crippen LogP contribution in [0.5, 0.6) is 0 Å². The van der Waals surface area contributed by atoms with E-state index in [0.29, 0.717) is 0 Å². The summed E-state index contributed by atoms with van der Waals surface area (Å²) in [7, 11) is 0. The largest absolute Gasteiger partial charge is 0.464 e. The zero-order valence-electron chi connectivity index (χ0n) is 11.9. The second-order valence-electron chi connectivity index (χ2n) is 5.52. The van der Waals surface area contributed by atoms with Crippen LogP contribution in [0.2, 0.25) is 0 Å². The Bertz CT molecular complexity index is 1120. The molecule has 0 N–H and O–H groups in total. The van der Waals surface area contributed by atoms with Gasteiger partial charge in [0.25, 0.3) is 0 Å². The number of nitrogens with zero attached hydrogens (tertiary/aromatic N) is 1. The molecule has 2 nitrogen and oxygen atoms in total. The van der Waals surface area contributed by atoms with Crippen LogP contribution < -0.4 is 0 Å². The Morgan fingerprint density at radius 3 is 2.41 bits per heavy atom. The second kappa shape index (κ2) is 4.25. The van der Waals surface area contributed by atoms with Crippen molar-refractivity contribution >= 4 is 32.8 Å². The van der Waals surface area contributed by atoms with E-state index in [1.807, 2.05) is 12.1 Å². The minimum absolute atomic E-state index is 0.924. The molecule has 104 valence electrons. The minimum atomic E-state index is 0.924. The Kier molecular flexibility index (Phi) is 2.25. The Morgan fingerprint density at radius 1 is 0.682 bits per heavy atom. The number of benzene rings is 3. The number of fused-ring (bicyclic) bond motifs is 4. The van der Waals surface area contributed by atoms with Crippen LogP contribution >= 0.6 is 0 Å². The molecule has 2 heterocycles. The van der Waals surface area contributed by atoms with Gasteiger partial charge in [0.15, 0.2) is 0 Å². The predicted octanol–water partition coefficient (Wildman–Crippen LogP) is 5.53. The zero-order chi connectivity index (χ0) is 14.5. The van der Waals surface area contributed by atoms with E-state index in [0.717, 1.165) is 11.0 Å². The lowest BCUT2D eigenvalue weighted by atomic mass is 10.1. The van der Waals surface area contributed by atoms with Crippen LogP contribution in [-0.4, -0.2) is 4.57 Å². The molecule has 0 fully saturated rings. The quantitative estimate of drug-likeness (QED) is 0.395. The Hall–Kier alpha value is -3.00. The molecule has 0 saturated heterocycles. The molecule has 2 heteroatoms. The van der Waals surface area contributed by atoms with Gasteiger partial charge in [0.2, 0.25) is 0 Å². The molecule has 0 aliphatic heterocycles. The van der Waals surface area contributed by atoms with Crippen LogP contribution in [0.3, 0.4) is 0 Å². The third-order valence-corrected chi connectivity index (χ3v) is 4.26. The lowest BCUT2D eigenvalue weighted by molar-refractivity contribution is 0.616. The summed E-state index contributed by atoms with van der Waals surface area (Å²) in [6.45, 7) is 0. The lowest BCUT2D eigenvalue weighted by Gasteiger charge is -2.07. The van der Waals surface area contributed by atoms with Crippen molar-refractivity contribution in [3.05, 3.63) is 79.1 Å². The molecule has 0 atom stereocenters. The molecular weight excluding hydrogens is 270 g/mol. The van der Waals surface area contributed by atoms with Crippen molar-refractivity contribution in [1.29, 1.82) is 0 Å². The third-order valence-electron chi connectivity index (χ3n) is 4.26. The maximum atomic E-state index is 5.60. The summed E-state index contributed by atoms with van der Waals surface area (Å²) < 4.78 is 7.90. The monoisotopic (exact) mass is 283 g/mol. The van der Waals surface area contributed by atoms with Gasteiger partial charge < -0.3 is 8.98 Å². The van der Waals surface area contributed by atoms with E-state index in [9.17, 15) is 0 Å². The van der Waals surface area contributed by atoms with E-state index < -0.39 is 0 Å². The maximum Gasteiger partial charge on any atom is 0.135 e. The van der Waals surface area contributed by atoms with E-state index in [2.05, 4.69) is 65.2 Å². The van der Waals surface area contributed by atoms with Crippen LogP contribution in [0, 0.1) is 0 Å². The van der Waals surface area contributed by atoms with Crippen molar-refractivity contribution in [2.45, 2.75) is 0 Å². The SMILES string of the molecule is c1ccc(-n2c3ccccc3c3cc4ccoc4cc32)cc1. The average molecular weight is 283 g/mol. The standard InChI is InChI=1S/C20H13NO/c1-2-6-15(7-3-1)21-18-9-5-4-8-16(18)17-12-14-10-11-22-20(14)13-19(17)21/h1-13H. The van der Waals surface area contributed by atoms with Gasteiger partial charge >= 0.3 is 0 Å². The fourth-order valence-electron chi connectivity index (χ4n) is 3.28. The van der Waals surface area contributed by atoms with Gasteiger partial charge in [-0.25, -0.2) is 0 Å². The van der Waals surface area contributed by atoms with Gasteiger partial charge in [0.05, 0.1) is 17.3 Å². The fraction of sp³-hybridized carbons (Fsp3) is 0. The van der Waals surface area contributed by atoms with Crippen molar-refractivity contribution < 1.29 is 4.42 Å². The number of hydrogen-bond acceptors (Lipinski definition) is 1.